The van der Waals surface area contributed by atoms with Crippen LogP contribution in [0.5, 0.6) is 0 Å². The third-order valence-electron chi connectivity index (χ3n) is 0.847. The number of para-hydroxylation sites is 1. The van der Waals surface area contributed by atoms with Crippen molar-refractivity contribution < 1.29 is 6.49 Å². The molecule has 1 N–H and O–H groups in total. The van der Waals surface area contributed by atoms with Crippen molar-refractivity contribution in [2.45, 2.75) is 0 Å². The molecule has 40 valence electrons. The average molecular weight is 107 g/mol. The normalized spacial score (nSPS) is 10.2. The predicted molar refractivity (Wildman–Crippen MR) is 30.4 cm³/mol. The van der Waals surface area contributed by atoms with Crippen LogP contribution in [0.25, 0.3) is 5.53 Å². The highest BCUT2D eigenvalue weighted by atomic mass is 14.9. The molecular formula is C6H6N2. The molecule has 2 nitrogen and oxygen atoms in total. The van der Waals surface area contributed by atoms with Gasteiger partial charge in [-0.05, 0) is 0 Å². The number of nitrogens with one attached hydrogen (secondary N) is 1. The Hall–Kier alpha value is -1.18. The van der Waals surface area contributed by atoms with Crippen LogP contribution in [-0.2, 0) is 0 Å². The van der Waals surface area contributed by atoms with E-state index in [1.54, 1.807) is 24.3 Å². The molecule has 1 aromatic rings. The first-order chi connectivity index (χ1) is 4.33. The van der Waals surface area contributed by atoms with E-state index < -0.39 is 0 Å². The highest BCUT2D eigenvalue weighted by Gasteiger charge is 1.81. The molecule has 0 unspecified atom stereocenters. The van der Waals surface area contributed by atoms with Gasteiger partial charge in [-0.15, -0.1) is 0 Å². The number of hydrogen-bond acceptors (Lipinski definition) is 0. The van der Waals surface area contributed by atoms with Crippen LogP contribution in [0.3, 0.4) is 0 Å². The van der Waals surface area contributed by atoms with E-state index in [-0.39, 0.29) is 0 Å². The van der Waals surface area contributed by atoms with Gasteiger partial charge in [0.25, 0.3) is 0 Å². The fraction of sp³-hybridized carbons (Fsp3) is 0. The van der Waals surface area contributed by atoms with Crippen molar-refractivity contribution in [3.63, 3.8) is 0 Å². The molecule has 0 radical (unpaired) electrons. The maximum atomic E-state index is 8.32. The summed E-state index contributed by atoms with van der Waals surface area (Å²) >= 11 is 0. The Morgan fingerprint density at radius 1 is 1.50 bits per heavy atom. The Morgan fingerprint density at radius 3 is 2.62 bits per heavy atom. The highest BCUT2D eigenvalue weighted by molar-refractivity contribution is 5.26. The van der Waals surface area contributed by atoms with Gasteiger partial charge < -0.3 is 5.53 Å². The summed E-state index contributed by atoms with van der Waals surface area (Å²) in [6, 6.07) is 6.89. The molecule has 1 rings (SSSR count). The lowest BCUT2D eigenvalue weighted by atomic mass is 10.3. The van der Waals surface area contributed by atoms with Crippen molar-refractivity contribution >= 4 is 5.69 Å². The number of rotatable bonds is 1. The van der Waals surface area contributed by atoms with Gasteiger partial charge in [0.05, 0.1) is 1.37 Å². The van der Waals surface area contributed by atoms with Crippen LogP contribution in [-0.4, -0.2) is 0 Å². The molecule has 0 bridgehead atoms. The Labute approximate surface area is 49.1 Å². The lowest BCUT2D eigenvalue weighted by Crippen LogP contribution is -2.54. The summed E-state index contributed by atoms with van der Waals surface area (Å²) in [6.45, 7) is 0. The zero-order chi connectivity index (χ0) is 6.69. The zero-order valence-electron chi connectivity index (χ0n) is 5.26. The van der Waals surface area contributed by atoms with Gasteiger partial charge in [0.1, 0.15) is 0 Å². The van der Waals surface area contributed by atoms with Crippen molar-refractivity contribution in [2.75, 3.05) is 0 Å². The van der Waals surface area contributed by atoms with Crippen LogP contribution in [0.4, 0.5) is 5.69 Å². The lowest BCUT2D eigenvalue weighted by Gasteiger charge is -1.82. The van der Waals surface area contributed by atoms with Crippen LogP contribution in [0.2, 0.25) is 0 Å². The highest BCUT2D eigenvalue weighted by Crippen LogP contribution is 1.93. The van der Waals surface area contributed by atoms with E-state index >= 15 is 0 Å². The summed E-state index contributed by atoms with van der Waals surface area (Å²) in [4.78, 5) is 0. The first-order valence-electron chi connectivity index (χ1n) is 2.79. The first-order valence-corrected chi connectivity index (χ1v) is 2.29. The summed E-state index contributed by atoms with van der Waals surface area (Å²) in [5.74, 6) is 0. The van der Waals surface area contributed by atoms with Crippen LogP contribution in [0.1, 0.15) is 1.37 Å². The molecule has 0 saturated carbocycles. The fourth-order valence-corrected chi connectivity index (χ4v) is 0.461. The van der Waals surface area contributed by atoms with Gasteiger partial charge in [0.2, 0.25) is 0 Å². The molecule has 0 spiro atoms. The maximum absolute atomic E-state index is 8.32. The molecule has 0 amide bonds. The third-order valence-corrected chi connectivity index (χ3v) is 0.847. The van der Waals surface area contributed by atoms with Gasteiger partial charge >= 0.3 is 0 Å². The van der Waals surface area contributed by atoms with Crippen molar-refractivity contribution in [2.24, 2.45) is 0 Å². The minimum Gasteiger partial charge on any atom is -0.502 e. The van der Waals surface area contributed by atoms with E-state index in [0.29, 0.717) is 11.7 Å². The first kappa shape index (κ1) is 3.78. The minimum absolute atomic E-state index is 0.439. The van der Waals surface area contributed by atoms with Crippen molar-refractivity contribution in [3.05, 3.63) is 35.8 Å². The number of nitrogens with zero attached hydrogens (tertiary/aromatic N) is 1. The Kier molecular flexibility index (Phi) is 1.04. The molecule has 8 heavy (non-hydrogen) atoms. The smallest absolute Gasteiger partial charge is 0.192 e. The second-order valence-electron chi connectivity index (χ2n) is 1.40. The van der Waals surface area contributed by atoms with Crippen LogP contribution < -0.4 is 5.11 Å². The fourth-order valence-electron chi connectivity index (χ4n) is 0.461. The van der Waals surface area contributed by atoms with E-state index in [9.17, 15) is 0 Å². The molecule has 2 heteroatoms. The standard InChI is InChI=1S/C6H6N2/c7-8-6-4-2-1-3-5-6/h1-5,8H/i1D. The largest absolute Gasteiger partial charge is 0.502 e. The van der Waals surface area contributed by atoms with E-state index in [0.717, 1.165) is 0 Å². The number of benzene rings is 1. The topological polar surface area (TPSA) is 36.3 Å². The van der Waals surface area contributed by atoms with Crippen molar-refractivity contribution in [3.8, 4) is 0 Å². The third kappa shape index (κ3) is 0.904. The number of hydrogen-bond donors (Lipinski definition) is 1. The van der Waals surface area contributed by atoms with E-state index in [4.69, 9.17) is 6.90 Å². The summed E-state index contributed by atoms with van der Waals surface area (Å²) < 4.78 is 7.06. The maximum Gasteiger partial charge on any atom is 0.192 e. The molecule has 0 aliphatic heterocycles. The summed E-state index contributed by atoms with van der Waals surface area (Å²) in [5.41, 5.74) is 8.92. The van der Waals surface area contributed by atoms with E-state index in [2.05, 4.69) is 0 Å². The second kappa shape index (κ2) is 2.21. The van der Waals surface area contributed by atoms with Gasteiger partial charge in [-0.25, -0.2) is 0 Å². The quantitative estimate of drug-likeness (QED) is 0.505. The SMILES string of the molecule is [2H]c1ccc([NH+]=[N-])cc1. The predicted octanol–water partition coefficient (Wildman–Crippen LogP) is 0.420. The van der Waals surface area contributed by atoms with E-state index in [1.165, 1.54) is 0 Å². The lowest BCUT2D eigenvalue weighted by molar-refractivity contribution is -0.379. The molecule has 0 aliphatic rings. The molecule has 0 aliphatic carbocycles. The van der Waals surface area contributed by atoms with E-state index in [1.807, 2.05) is 5.11 Å². The van der Waals surface area contributed by atoms with Gasteiger partial charge in [-0.1, -0.05) is 18.2 Å². The molecule has 1 aromatic carbocycles. The van der Waals surface area contributed by atoms with Crippen molar-refractivity contribution in [1.29, 1.82) is 0 Å². The van der Waals surface area contributed by atoms with Gasteiger partial charge in [0, 0.05) is 12.1 Å². The summed E-state index contributed by atoms with van der Waals surface area (Å²) in [7, 11) is 0. The Balaban J connectivity index is 3.01. The van der Waals surface area contributed by atoms with Crippen LogP contribution in [0, 0.1) is 0 Å². The van der Waals surface area contributed by atoms with Crippen molar-refractivity contribution in [1.82, 2.24) is 0 Å². The van der Waals surface area contributed by atoms with Gasteiger partial charge in [0.15, 0.2) is 5.69 Å². The Bertz CT molecular complexity index is 205. The average Bonchev–Trinajstić information content (AvgIpc) is 1.90. The minimum atomic E-state index is 0.439. The molecular weight excluding hydrogens is 100 g/mol. The molecule has 0 heterocycles. The zero-order valence-corrected chi connectivity index (χ0v) is 4.26. The molecule has 0 saturated heterocycles. The second-order valence-corrected chi connectivity index (χ2v) is 1.40. The van der Waals surface area contributed by atoms with Gasteiger partial charge in [-0.2, -0.15) is 0 Å². The van der Waals surface area contributed by atoms with Crippen LogP contribution in [0.15, 0.2) is 30.3 Å². The molecule has 0 fully saturated rings. The Morgan fingerprint density at radius 2 is 2.12 bits per heavy atom. The monoisotopic (exact) mass is 107 g/mol. The summed E-state index contributed by atoms with van der Waals surface area (Å²) in [6.07, 6.45) is 0. The molecule has 0 aromatic heterocycles. The summed E-state index contributed by atoms with van der Waals surface area (Å²) in [5, 5.41) is 1.97. The van der Waals surface area contributed by atoms with Crippen LogP contribution >= 0.6 is 0 Å². The molecule has 0 atom stereocenters. The van der Waals surface area contributed by atoms with Gasteiger partial charge in [-0.3, -0.25) is 5.11 Å².